The third kappa shape index (κ3) is 1.80. The van der Waals surface area contributed by atoms with Crippen LogP contribution in [0.3, 0.4) is 0 Å². The van der Waals surface area contributed by atoms with Crippen molar-refractivity contribution in [3.8, 4) is 0 Å². The van der Waals surface area contributed by atoms with Crippen LogP contribution in [-0.2, 0) is 0 Å². The van der Waals surface area contributed by atoms with Crippen LogP contribution in [0.25, 0.3) is 10.8 Å². The normalized spacial score (nSPS) is 10.3. The molecule has 0 amide bonds. The predicted molar refractivity (Wildman–Crippen MR) is 60.9 cm³/mol. The Hall–Kier alpha value is -2.16. The van der Waals surface area contributed by atoms with E-state index < -0.39 is 5.97 Å². The van der Waals surface area contributed by atoms with Crippen LogP contribution in [0.2, 0.25) is 0 Å². The van der Waals surface area contributed by atoms with Crippen molar-refractivity contribution in [2.45, 2.75) is 6.92 Å². The Morgan fingerprint density at radius 1 is 0.938 bits per heavy atom. The van der Waals surface area contributed by atoms with E-state index in [0.717, 1.165) is 10.8 Å². The summed E-state index contributed by atoms with van der Waals surface area (Å²) in [7, 11) is 0. The second-order valence-electron chi connectivity index (χ2n) is 3.64. The quantitative estimate of drug-likeness (QED) is 0.782. The van der Waals surface area contributed by atoms with E-state index in [0.29, 0.717) is 5.56 Å². The van der Waals surface area contributed by atoms with Crippen molar-refractivity contribution >= 4 is 22.5 Å². The Labute approximate surface area is 92.3 Å². The molecule has 2 aromatic rings. The van der Waals surface area contributed by atoms with Gasteiger partial charge >= 0.3 is 5.97 Å². The van der Waals surface area contributed by atoms with Crippen molar-refractivity contribution in [2.75, 3.05) is 0 Å². The smallest absolute Gasteiger partial charge is 0.335 e. The molecule has 0 radical (unpaired) electrons. The van der Waals surface area contributed by atoms with Crippen LogP contribution in [0.5, 0.6) is 0 Å². The number of carboxylic acids is 1. The molecule has 16 heavy (non-hydrogen) atoms. The van der Waals surface area contributed by atoms with Gasteiger partial charge < -0.3 is 5.11 Å². The van der Waals surface area contributed by atoms with Gasteiger partial charge in [-0.3, -0.25) is 4.79 Å². The lowest BCUT2D eigenvalue weighted by Crippen LogP contribution is -1.96. The molecule has 2 aromatic carbocycles. The van der Waals surface area contributed by atoms with Crippen molar-refractivity contribution in [3.63, 3.8) is 0 Å². The monoisotopic (exact) mass is 214 g/mol. The fourth-order valence-electron chi connectivity index (χ4n) is 1.60. The predicted octanol–water partition coefficient (Wildman–Crippen LogP) is 2.74. The largest absolute Gasteiger partial charge is 0.478 e. The molecule has 3 heteroatoms. The molecule has 0 atom stereocenters. The fourth-order valence-corrected chi connectivity index (χ4v) is 1.60. The third-order valence-electron chi connectivity index (χ3n) is 2.49. The van der Waals surface area contributed by atoms with Crippen LogP contribution in [0, 0.1) is 0 Å². The highest BCUT2D eigenvalue weighted by Gasteiger charge is 2.05. The maximum atomic E-state index is 11.2. The first kappa shape index (κ1) is 10.4. The Kier molecular flexibility index (Phi) is 2.44. The molecule has 1 N–H and O–H groups in total. The molecule has 0 aliphatic heterocycles. The first-order chi connectivity index (χ1) is 7.58. The average Bonchev–Trinajstić information content (AvgIpc) is 2.27. The van der Waals surface area contributed by atoms with E-state index in [9.17, 15) is 9.59 Å². The Morgan fingerprint density at radius 3 is 2.06 bits per heavy atom. The number of Topliss-reactive ketones (excluding diaryl/α,β-unsaturated/α-hetero) is 1. The van der Waals surface area contributed by atoms with Crippen LogP contribution < -0.4 is 0 Å². The van der Waals surface area contributed by atoms with Gasteiger partial charge in [-0.2, -0.15) is 0 Å². The molecule has 0 aromatic heterocycles. The van der Waals surface area contributed by atoms with Crippen molar-refractivity contribution in [2.24, 2.45) is 0 Å². The number of benzene rings is 2. The minimum atomic E-state index is -0.963. The molecule has 0 saturated carbocycles. The second-order valence-corrected chi connectivity index (χ2v) is 3.64. The van der Waals surface area contributed by atoms with Gasteiger partial charge in [0.15, 0.2) is 5.78 Å². The summed E-state index contributed by atoms with van der Waals surface area (Å²) >= 11 is 0. The van der Waals surface area contributed by atoms with E-state index in [2.05, 4.69) is 0 Å². The van der Waals surface area contributed by atoms with E-state index in [1.807, 2.05) is 6.07 Å². The summed E-state index contributed by atoms with van der Waals surface area (Å²) in [5.41, 5.74) is 0.822. The lowest BCUT2D eigenvalue weighted by atomic mass is 10.0. The Balaban J connectivity index is 2.65. The van der Waals surface area contributed by atoms with E-state index in [-0.39, 0.29) is 11.3 Å². The van der Waals surface area contributed by atoms with Gasteiger partial charge in [0.1, 0.15) is 0 Å². The van der Waals surface area contributed by atoms with Crippen LogP contribution in [0.4, 0.5) is 0 Å². The number of aromatic carboxylic acids is 1. The topological polar surface area (TPSA) is 54.4 Å². The number of carboxylic acid groups (broad SMARTS) is 1. The van der Waals surface area contributed by atoms with E-state index >= 15 is 0 Å². The first-order valence-electron chi connectivity index (χ1n) is 4.86. The Bertz CT molecular complexity index is 536. The Morgan fingerprint density at radius 2 is 1.50 bits per heavy atom. The van der Waals surface area contributed by atoms with Gasteiger partial charge in [-0.25, -0.2) is 4.79 Å². The minimum absolute atomic E-state index is 0.0253. The van der Waals surface area contributed by atoms with Gasteiger partial charge in [-0.05, 0) is 35.9 Å². The third-order valence-corrected chi connectivity index (χ3v) is 2.49. The maximum Gasteiger partial charge on any atom is 0.335 e. The molecular formula is C13H10O3. The van der Waals surface area contributed by atoms with Crippen molar-refractivity contribution < 1.29 is 14.7 Å². The van der Waals surface area contributed by atoms with Gasteiger partial charge in [0, 0.05) is 5.56 Å². The van der Waals surface area contributed by atoms with Crippen molar-refractivity contribution in [1.29, 1.82) is 0 Å². The number of carbonyl (C=O) groups excluding carboxylic acids is 1. The van der Waals surface area contributed by atoms with E-state index in [1.54, 1.807) is 30.3 Å². The molecular weight excluding hydrogens is 204 g/mol. The number of hydrogen-bond acceptors (Lipinski definition) is 2. The van der Waals surface area contributed by atoms with Crippen LogP contribution in [0.1, 0.15) is 27.6 Å². The molecule has 0 unspecified atom stereocenters. The minimum Gasteiger partial charge on any atom is -0.478 e. The standard InChI is InChI=1S/C13H10O3/c1-8(14)10-4-2-9-3-5-11(13(15)16)7-12(9)6-10/h2-7H,1H3,(H,15,16). The summed E-state index contributed by atoms with van der Waals surface area (Å²) in [4.78, 5) is 22.0. The molecule has 0 fully saturated rings. The zero-order valence-electron chi connectivity index (χ0n) is 8.73. The highest BCUT2D eigenvalue weighted by Crippen LogP contribution is 2.18. The number of ketones is 1. The highest BCUT2D eigenvalue weighted by molar-refractivity contribution is 6.00. The average molecular weight is 214 g/mol. The zero-order chi connectivity index (χ0) is 11.7. The second kappa shape index (κ2) is 3.77. The number of carbonyl (C=O) groups is 2. The zero-order valence-corrected chi connectivity index (χ0v) is 8.73. The molecule has 3 nitrogen and oxygen atoms in total. The summed E-state index contributed by atoms with van der Waals surface area (Å²) in [6.07, 6.45) is 0. The summed E-state index contributed by atoms with van der Waals surface area (Å²) in [5.74, 6) is -0.988. The maximum absolute atomic E-state index is 11.2. The number of hydrogen-bond donors (Lipinski definition) is 1. The summed E-state index contributed by atoms with van der Waals surface area (Å²) < 4.78 is 0. The van der Waals surface area contributed by atoms with Gasteiger partial charge in [0.2, 0.25) is 0 Å². The molecule has 0 bridgehead atoms. The summed E-state index contributed by atoms with van der Waals surface area (Å²) in [6.45, 7) is 1.49. The molecule has 80 valence electrons. The molecule has 0 aliphatic rings. The number of fused-ring (bicyclic) bond motifs is 1. The molecule has 0 heterocycles. The van der Waals surface area contributed by atoms with E-state index in [1.165, 1.54) is 6.92 Å². The number of rotatable bonds is 2. The van der Waals surface area contributed by atoms with Gasteiger partial charge in [0.25, 0.3) is 0 Å². The molecule has 2 rings (SSSR count). The van der Waals surface area contributed by atoms with Crippen LogP contribution >= 0.6 is 0 Å². The SMILES string of the molecule is CC(=O)c1ccc2ccc(C(=O)O)cc2c1. The van der Waals surface area contributed by atoms with Crippen LogP contribution in [-0.4, -0.2) is 16.9 Å². The molecule has 0 aliphatic carbocycles. The lowest BCUT2D eigenvalue weighted by molar-refractivity contribution is 0.0697. The van der Waals surface area contributed by atoms with Gasteiger partial charge in [-0.15, -0.1) is 0 Å². The van der Waals surface area contributed by atoms with Crippen molar-refractivity contribution in [3.05, 3.63) is 47.5 Å². The summed E-state index contributed by atoms with van der Waals surface area (Å²) in [5, 5.41) is 10.6. The lowest BCUT2D eigenvalue weighted by Gasteiger charge is -2.02. The first-order valence-corrected chi connectivity index (χ1v) is 4.86. The fraction of sp³-hybridized carbons (Fsp3) is 0.0769. The van der Waals surface area contributed by atoms with E-state index in [4.69, 9.17) is 5.11 Å². The van der Waals surface area contributed by atoms with Gasteiger partial charge in [0.05, 0.1) is 5.56 Å². The van der Waals surface area contributed by atoms with Crippen molar-refractivity contribution in [1.82, 2.24) is 0 Å². The molecule has 0 spiro atoms. The highest BCUT2D eigenvalue weighted by atomic mass is 16.4. The molecule has 0 saturated heterocycles. The van der Waals surface area contributed by atoms with Gasteiger partial charge in [-0.1, -0.05) is 18.2 Å². The summed E-state index contributed by atoms with van der Waals surface area (Å²) in [6, 6.07) is 10.1. The van der Waals surface area contributed by atoms with Crippen LogP contribution in [0.15, 0.2) is 36.4 Å².